The fraction of sp³-hybridized carbons (Fsp3) is 0.517. The zero-order chi connectivity index (χ0) is 29.4. The molecule has 8 nitrogen and oxygen atoms in total. The van der Waals surface area contributed by atoms with Crippen LogP contribution in [-0.4, -0.2) is 58.1 Å². The maximum atomic E-state index is 14.9. The van der Waals surface area contributed by atoms with E-state index in [0.29, 0.717) is 35.1 Å². The largest absolute Gasteiger partial charge is 0.493 e. The number of benzene rings is 1. The smallest absolute Gasteiger partial charge is 0.410 e. The first-order chi connectivity index (χ1) is 20.2. The number of carbonyl (C=O) groups is 1. The van der Waals surface area contributed by atoms with Gasteiger partial charge in [0.25, 0.3) is 0 Å². The molecule has 4 heterocycles. The van der Waals surface area contributed by atoms with Crippen molar-refractivity contribution >= 4 is 29.3 Å². The van der Waals surface area contributed by atoms with Crippen molar-refractivity contribution in [3.63, 3.8) is 0 Å². The Morgan fingerprint density at radius 2 is 1.83 bits per heavy atom. The normalized spacial score (nSPS) is 22.6. The molecule has 0 radical (unpaired) electrons. The number of nitrogens with zero attached hydrogens (tertiary/aromatic N) is 6. The molecule has 0 bridgehead atoms. The summed E-state index contributed by atoms with van der Waals surface area (Å²) in [6.07, 6.45) is 3.70. The maximum Gasteiger partial charge on any atom is 0.410 e. The molecule has 42 heavy (non-hydrogen) atoms. The monoisotopic (exact) mass is 606 g/mol. The van der Waals surface area contributed by atoms with E-state index in [2.05, 4.69) is 20.0 Å². The molecule has 1 saturated carbocycles. The summed E-state index contributed by atoms with van der Waals surface area (Å²) in [5.41, 5.74) is 0.161. The number of hydrogen-bond donors (Lipinski definition) is 0. The maximum absolute atomic E-state index is 14.9. The lowest BCUT2D eigenvalue weighted by Crippen LogP contribution is -2.43. The molecule has 3 aromatic rings. The number of halogens is 5. The van der Waals surface area contributed by atoms with Crippen molar-refractivity contribution in [2.75, 3.05) is 36.0 Å². The van der Waals surface area contributed by atoms with Crippen molar-refractivity contribution in [1.29, 1.82) is 0 Å². The molecule has 2 aromatic heterocycles. The highest BCUT2D eigenvalue weighted by molar-refractivity contribution is 6.30. The Morgan fingerprint density at radius 3 is 2.55 bits per heavy atom. The Kier molecular flexibility index (Phi) is 7.99. The summed E-state index contributed by atoms with van der Waals surface area (Å²) in [4.78, 5) is 25.0. The Bertz CT molecular complexity index is 1410. The van der Waals surface area contributed by atoms with Gasteiger partial charge in [0.05, 0.1) is 36.6 Å². The van der Waals surface area contributed by atoms with Gasteiger partial charge in [0.15, 0.2) is 6.04 Å². The minimum absolute atomic E-state index is 0.0634. The van der Waals surface area contributed by atoms with Crippen molar-refractivity contribution in [3.8, 4) is 5.75 Å². The number of alkyl halides is 3. The van der Waals surface area contributed by atoms with Crippen molar-refractivity contribution in [2.24, 2.45) is 17.8 Å². The fourth-order valence-electron chi connectivity index (χ4n) is 6.33. The number of rotatable bonds is 8. The number of carbonyl (C=O) groups excluding carboxylic acids is 1. The molecule has 3 unspecified atom stereocenters. The summed E-state index contributed by atoms with van der Waals surface area (Å²) in [5, 5.41) is 4.30. The van der Waals surface area contributed by atoms with E-state index in [1.807, 2.05) is 0 Å². The van der Waals surface area contributed by atoms with Crippen LogP contribution in [0.5, 0.6) is 5.75 Å². The van der Waals surface area contributed by atoms with E-state index >= 15 is 0 Å². The fourth-order valence-corrected chi connectivity index (χ4v) is 6.43. The third-order valence-corrected chi connectivity index (χ3v) is 8.86. The lowest BCUT2D eigenvalue weighted by molar-refractivity contribution is -0.172. The van der Waals surface area contributed by atoms with E-state index in [-0.39, 0.29) is 30.8 Å². The molecule has 2 fully saturated rings. The van der Waals surface area contributed by atoms with Crippen LogP contribution in [0.25, 0.3) is 0 Å². The molecule has 0 N–H and O–H groups in total. The van der Waals surface area contributed by atoms with Gasteiger partial charge in [0.1, 0.15) is 17.4 Å². The van der Waals surface area contributed by atoms with Crippen molar-refractivity contribution in [2.45, 2.75) is 50.7 Å². The lowest BCUT2D eigenvalue weighted by Gasteiger charge is -2.34. The van der Waals surface area contributed by atoms with Gasteiger partial charge in [-0.3, -0.25) is 9.69 Å². The molecule has 3 atom stereocenters. The summed E-state index contributed by atoms with van der Waals surface area (Å²) in [6.45, 7) is 2.22. The van der Waals surface area contributed by atoms with Crippen molar-refractivity contribution < 1.29 is 27.1 Å². The van der Waals surface area contributed by atoms with Gasteiger partial charge in [-0.25, -0.2) is 19.0 Å². The summed E-state index contributed by atoms with van der Waals surface area (Å²) in [6, 6.07) is 3.98. The van der Waals surface area contributed by atoms with Gasteiger partial charge >= 0.3 is 6.18 Å². The second kappa shape index (κ2) is 11.7. The van der Waals surface area contributed by atoms with Crippen LogP contribution in [0.4, 0.5) is 29.3 Å². The molecule has 1 aliphatic carbocycles. The topological polar surface area (TPSA) is 76.4 Å². The Morgan fingerprint density at radius 1 is 1.07 bits per heavy atom. The van der Waals surface area contributed by atoms with E-state index in [1.54, 1.807) is 18.5 Å². The quantitative estimate of drug-likeness (QED) is 0.299. The summed E-state index contributed by atoms with van der Waals surface area (Å²) in [5.74, 6) is 2.06. The molecule has 1 saturated heterocycles. The van der Waals surface area contributed by atoms with E-state index < -0.39 is 23.9 Å². The van der Waals surface area contributed by atoms with Crippen LogP contribution in [0.2, 0.25) is 5.02 Å². The van der Waals surface area contributed by atoms with Gasteiger partial charge in [-0.1, -0.05) is 17.7 Å². The number of aromatic nitrogens is 4. The zero-order valence-electron chi connectivity index (χ0n) is 22.8. The van der Waals surface area contributed by atoms with Gasteiger partial charge < -0.3 is 9.64 Å². The summed E-state index contributed by atoms with van der Waals surface area (Å²) < 4.78 is 61.6. The summed E-state index contributed by atoms with van der Waals surface area (Å²) in [7, 11) is 0. The van der Waals surface area contributed by atoms with Gasteiger partial charge in [-0.2, -0.15) is 18.3 Å². The van der Waals surface area contributed by atoms with E-state index in [9.17, 15) is 22.4 Å². The minimum Gasteiger partial charge on any atom is -0.493 e. The van der Waals surface area contributed by atoms with Gasteiger partial charge in [0.2, 0.25) is 11.9 Å². The van der Waals surface area contributed by atoms with Crippen LogP contribution >= 0.6 is 11.6 Å². The first-order valence-electron chi connectivity index (χ1n) is 14.2. The second-order valence-corrected chi connectivity index (χ2v) is 11.7. The van der Waals surface area contributed by atoms with Crippen molar-refractivity contribution in [3.05, 3.63) is 59.3 Å². The predicted molar refractivity (Wildman–Crippen MR) is 148 cm³/mol. The highest BCUT2D eigenvalue weighted by atomic mass is 35.5. The number of anilines is 2. The minimum atomic E-state index is -4.47. The molecule has 0 spiro atoms. The lowest BCUT2D eigenvalue weighted by atomic mass is 9.90. The Balaban J connectivity index is 0.952. The molecule has 3 aliphatic rings. The third kappa shape index (κ3) is 6.18. The van der Waals surface area contributed by atoms with Gasteiger partial charge in [-0.15, -0.1) is 0 Å². The molecule has 2 aliphatic heterocycles. The standard InChI is InChI=1S/C29H31ClF4N6O2/c30-21-16-35-28(36-17-21)38-9-4-18(5-10-38)23-13-19(23)7-12-42-22-2-1-20(24(31)15-22)14-27(41)39-11-6-25(29(32,33)34)40-26(39)3-8-37-40/h1-3,8,15-19,23,25H,4-7,9-14H2. The molecular formula is C29H31ClF4N6O2. The van der Waals surface area contributed by atoms with E-state index in [4.69, 9.17) is 16.3 Å². The van der Waals surface area contributed by atoms with Crippen LogP contribution in [0.1, 0.15) is 43.7 Å². The van der Waals surface area contributed by atoms with Crippen LogP contribution in [0.15, 0.2) is 42.9 Å². The molecule has 13 heteroatoms. The highest BCUT2D eigenvalue weighted by Crippen LogP contribution is 2.50. The van der Waals surface area contributed by atoms with Crippen LogP contribution in [0, 0.1) is 23.6 Å². The van der Waals surface area contributed by atoms with E-state index in [0.717, 1.165) is 43.0 Å². The number of fused-ring (bicyclic) bond motifs is 1. The highest BCUT2D eigenvalue weighted by Gasteiger charge is 2.46. The Labute approximate surface area is 245 Å². The second-order valence-electron chi connectivity index (χ2n) is 11.3. The molecule has 224 valence electrons. The molecule has 6 rings (SSSR count). The number of piperidine rings is 1. The first kappa shape index (κ1) is 28.7. The van der Waals surface area contributed by atoms with Crippen LogP contribution in [0.3, 0.4) is 0 Å². The average molecular weight is 607 g/mol. The number of ether oxygens (including phenoxy) is 1. The number of amides is 1. The van der Waals surface area contributed by atoms with Crippen LogP contribution in [-0.2, 0) is 11.2 Å². The molecule has 1 amide bonds. The predicted octanol–water partition coefficient (Wildman–Crippen LogP) is 5.87. The van der Waals surface area contributed by atoms with E-state index in [1.165, 1.54) is 35.7 Å². The van der Waals surface area contributed by atoms with Crippen molar-refractivity contribution in [1.82, 2.24) is 19.7 Å². The third-order valence-electron chi connectivity index (χ3n) is 8.66. The first-order valence-corrected chi connectivity index (χ1v) is 14.6. The van der Waals surface area contributed by atoms with Gasteiger partial charge in [0, 0.05) is 31.8 Å². The van der Waals surface area contributed by atoms with Gasteiger partial charge in [-0.05, 0) is 61.5 Å². The zero-order valence-corrected chi connectivity index (χ0v) is 23.6. The SMILES string of the molecule is O=C(Cc1ccc(OCCC2CC2C2CCN(c3ncc(Cl)cn3)CC2)cc1F)N1CCC(C(F)(F)F)n2nccc21. The summed E-state index contributed by atoms with van der Waals surface area (Å²) >= 11 is 5.89. The number of hydrogen-bond acceptors (Lipinski definition) is 6. The molecular weight excluding hydrogens is 576 g/mol. The average Bonchev–Trinajstić information content (AvgIpc) is 3.57. The van der Waals surface area contributed by atoms with Crippen LogP contribution < -0.4 is 14.5 Å². The Hall–Kier alpha value is -3.41. The molecule has 1 aromatic carbocycles.